The van der Waals surface area contributed by atoms with Crippen LogP contribution in [-0.4, -0.2) is 55.6 Å². The molecule has 0 radical (unpaired) electrons. The maximum absolute atomic E-state index is 15.3. The molecule has 41 heavy (non-hydrogen) atoms. The van der Waals surface area contributed by atoms with Gasteiger partial charge in [-0.15, -0.1) is 0 Å². The summed E-state index contributed by atoms with van der Waals surface area (Å²) in [6, 6.07) is 11.3. The average molecular weight is 574 g/mol. The summed E-state index contributed by atoms with van der Waals surface area (Å²) < 4.78 is 24.0. The van der Waals surface area contributed by atoms with Crippen LogP contribution in [0.25, 0.3) is 11.0 Å². The Morgan fingerprint density at radius 2 is 2.02 bits per heavy atom. The molecule has 0 unspecified atom stereocenters. The van der Waals surface area contributed by atoms with Crippen molar-refractivity contribution in [2.45, 2.75) is 37.9 Å². The Labute approximate surface area is 239 Å². The van der Waals surface area contributed by atoms with Crippen LogP contribution in [0.15, 0.2) is 36.7 Å². The van der Waals surface area contributed by atoms with Gasteiger partial charge in [0.25, 0.3) is 0 Å². The van der Waals surface area contributed by atoms with Gasteiger partial charge in [0, 0.05) is 31.2 Å². The van der Waals surface area contributed by atoms with Gasteiger partial charge in [0.2, 0.25) is 0 Å². The average Bonchev–Trinajstić information content (AvgIpc) is 3.39. The van der Waals surface area contributed by atoms with Crippen molar-refractivity contribution in [2.24, 2.45) is 0 Å². The molecule has 2 aliphatic rings. The van der Waals surface area contributed by atoms with Crippen molar-refractivity contribution < 1.29 is 19.0 Å². The number of ether oxygens (including phenoxy) is 1. The number of hydrogen-bond acceptors (Lipinski definition) is 6. The number of anilines is 1. The maximum Gasteiger partial charge on any atom is 0.407 e. The van der Waals surface area contributed by atoms with E-state index in [-0.39, 0.29) is 40.5 Å². The Kier molecular flexibility index (Phi) is 6.90. The van der Waals surface area contributed by atoms with E-state index in [2.05, 4.69) is 33.3 Å². The zero-order chi connectivity index (χ0) is 28.7. The number of rotatable bonds is 6. The summed E-state index contributed by atoms with van der Waals surface area (Å²) in [5, 5.41) is 27.4. The van der Waals surface area contributed by atoms with Gasteiger partial charge in [0.15, 0.2) is 11.5 Å². The number of nitriles is 1. The van der Waals surface area contributed by atoms with Gasteiger partial charge >= 0.3 is 6.09 Å². The van der Waals surface area contributed by atoms with E-state index in [1.165, 1.54) is 4.90 Å². The summed E-state index contributed by atoms with van der Waals surface area (Å²) in [6.07, 6.45) is 3.09. The second-order valence-electron chi connectivity index (χ2n) is 10.1. The molecule has 0 bridgehead atoms. The van der Waals surface area contributed by atoms with Gasteiger partial charge in [-0.05, 0) is 48.9 Å². The maximum atomic E-state index is 15.3. The Morgan fingerprint density at radius 3 is 2.68 bits per heavy atom. The zero-order valence-electron chi connectivity index (χ0n) is 22.1. The van der Waals surface area contributed by atoms with Crippen LogP contribution in [0, 0.1) is 29.0 Å². The minimum atomic E-state index is -1.01. The molecule has 2 N–H and O–H groups in total. The molecular weight excluding hydrogens is 549 g/mol. The molecule has 4 aromatic rings. The second kappa shape index (κ2) is 10.7. The molecule has 1 amide bonds. The van der Waals surface area contributed by atoms with Gasteiger partial charge in [-0.1, -0.05) is 29.7 Å². The van der Waals surface area contributed by atoms with Crippen molar-refractivity contribution in [3.63, 3.8) is 0 Å². The first-order valence-electron chi connectivity index (χ1n) is 13.1. The highest BCUT2D eigenvalue weighted by molar-refractivity contribution is 6.32. The Balaban J connectivity index is 1.37. The fourth-order valence-electron chi connectivity index (χ4n) is 5.08. The highest BCUT2D eigenvalue weighted by Crippen LogP contribution is 2.39. The molecule has 10 nitrogen and oxygen atoms in total. The molecule has 1 atom stereocenters. The number of aromatic nitrogens is 4. The van der Waals surface area contributed by atoms with E-state index >= 15 is 4.39 Å². The molecular formula is C29H25ClFN7O3. The summed E-state index contributed by atoms with van der Waals surface area (Å²) in [4.78, 5) is 17.2. The Bertz CT molecular complexity index is 1760. The summed E-state index contributed by atoms with van der Waals surface area (Å²) in [6.45, 7) is 0.955. The van der Waals surface area contributed by atoms with E-state index in [0.717, 1.165) is 24.2 Å². The lowest BCUT2D eigenvalue weighted by Crippen LogP contribution is -2.27. The first-order chi connectivity index (χ1) is 19.9. The molecule has 208 valence electrons. The molecule has 1 saturated heterocycles. The van der Waals surface area contributed by atoms with Crippen LogP contribution in [0.2, 0.25) is 5.02 Å². The van der Waals surface area contributed by atoms with E-state index in [0.29, 0.717) is 36.4 Å². The third-order valence-corrected chi connectivity index (χ3v) is 7.79. The van der Waals surface area contributed by atoms with Crippen LogP contribution < -0.4 is 10.1 Å². The molecule has 2 aromatic heterocycles. The van der Waals surface area contributed by atoms with E-state index in [4.69, 9.17) is 16.3 Å². The van der Waals surface area contributed by atoms with E-state index in [1.54, 1.807) is 24.2 Å². The Morgan fingerprint density at radius 1 is 1.24 bits per heavy atom. The summed E-state index contributed by atoms with van der Waals surface area (Å²) in [5.74, 6) is 6.38. The molecule has 1 aliphatic heterocycles. The number of nitrogens with one attached hydrogen (secondary N) is 1. The molecule has 0 spiro atoms. The van der Waals surface area contributed by atoms with Crippen molar-refractivity contribution in [1.82, 2.24) is 24.2 Å². The number of carboxylic acid groups (broad SMARTS) is 1. The number of methoxy groups -OCH3 is 1. The first-order valence-corrected chi connectivity index (χ1v) is 13.5. The molecule has 1 saturated carbocycles. The lowest BCUT2D eigenvalue weighted by Gasteiger charge is -2.16. The fraction of sp³-hybridized carbons (Fsp3) is 0.310. The van der Waals surface area contributed by atoms with Crippen LogP contribution >= 0.6 is 11.6 Å². The van der Waals surface area contributed by atoms with E-state index in [9.17, 15) is 15.2 Å². The van der Waals surface area contributed by atoms with Crippen LogP contribution in [0.4, 0.5) is 15.0 Å². The number of likely N-dealkylation sites (tertiary alicyclic amines) is 1. The minimum absolute atomic E-state index is 0.115. The normalized spacial score (nSPS) is 16.3. The van der Waals surface area contributed by atoms with E-state index < -0.39 is 11.9 Å². The fourth-order valence-corrected chi connectivity index (χ4v) is 5.27. The first kappa shape index (κ1) is 26.5. The summed E-state index contributed by atoms with van der Waals surface area (Å²) in [7, 11) is 1.59. The Hall–Kier alpha value is -4.74. The number of halogens is 2. The third kappa shape index (κ3) is 5.01. The molecule has 3 heterocycles. The highest BCUT2D eigenvalue weighted by Gasteiger charge is 2.31. The largest absolute Gasteiger partial charge is 0.497 e. The van der Waals surface area contributed by atoms with Crippen molar-refractivity contribution in [2.75, 3.05) is 25.5 Å². The summed E-state index contributed by atoms with van der Waals surface area (Å²) in [5.41, 5.74) is 2.38. The zero-order valence-corrected chi connectivity index (χ0v) is 22.8. The van der Waals surface area contributed by atoms with Crippen LogP contribution in [0.5, 0.6) is 5.75 Å². The van der Waals surface area contributed by atoms with Gasteiger partial charge in [0.05, 0.1) is 30.0 Å². The number of imidazole rings is 1. The third-order valence-electron chi connectivity index (χ3n) is 7.42. The van der Waals surface area contributed by atoms with Crippen LogP contribution in [-0.2, 0) is 6.54 Å². The number of nitrogens with zero attached hydrogens (tertiary/aromatic N) is 6. The van der Waals surface area contributed by atoms with Crippen molar-refractivity contribution in [1.29, 1.82) is 5.26 Å². The number of benzene rings is 2. The molecule has 6 rings (SSSR count). The SMILES string of the molecule is COc1ccc(CNc2c(C#N)c(C#Cc3cc4ncn(C5CC5)c4c(F)c3Cl)nn2[C@H]2CCN(C(=O)O)C2)cc1. The number of hydrogen-bond donors (Lipinski definition) is 2. The molecule has 12 heteroatoms. The molecule has 1 aliphatic carbocycles. The van der Waals surface area contributed by atoms with Gasteiger partial charge in [-0.25, -0.2) is 18.9 Å². The molecule has 2 fully saturated rings. The lowest BCUT2D eigenvalue weighted by molar-refractivity contribution is 0.154. The van der Waals surface area contributed by atoms with Gasteiger partial charge < -0.3 is 24.6 Å². The predicted octanol–water partition coefficient (Wildman–Crippen LogP) is 5.18. The van der Waals surface area contributed by atoms with Crippen LogP contribution in [0.3, 0.4) is 0 Å². The van der Waals surface area contributed by atoms with Crippen LogP contribution in [0.1, 0.15) is 53.7 Å². The van der Waals surface area contributed by atoms with Crippen molar-refractivity contribution in [3.05, 3.63) is 69.9 Å². The van der Waals surface area contributed by atoms with Gasteiger partial charge in [-0.3, -0.25) is 0 Å². The quantitative estimate of drug-likeness (QED) is 0.305. The van der Waals surface area contributed by atoms with Crippen molar-refractivity contribution in [3.8, 4) is 23.7 Å². The standard InChI is InChI=1S/C29H25ClFN7O3/c1-41-21-7-2-17(3-8-21)14-33-28-22(13-32)23(35-38(28)20-10-11-36(15-20)29(39)40)9-4-18-12-24-27(26(31)25(18)30)37(16-34-24)19-5-6-19/h2-3,7-8,12,16,19-20,33H,5-6,10-11,14-15H2,1H3,(H,39,40)/t20-/m0/s1. The number of fused-ring (bicyclic) bond motifs is 1. The van der Waals surface area contributed by atoms with Gasteiger partial charge in [0.1, 0.15) is 28.7 Å². The van der Waals surface area contributed by atoms with E-state index in [1.807, 2.05) is 28.8 Å². The number of carbonyl (C=O) groups is 1. The molecule has 2 aromatic carbocycles. The topological polar surface area (TPSA) is 121 Å². The highest BCUT2D eigenvalue weighted by atomic mass is 35.5. The minimum Gasteiger partial charge on any atom is -0.497 e. The second-order valence-corrected chi connectivity index (χ2v) is 10.4. The monoisotopic (exact) mass is 573 g/mol. The van der Waals surface area contributed by atoms with Crippen molar-refractivity contribution >= 4 is 34.5 Å². The summed E-state index contributed by atoms with van der Waals surface area (Å²) >= 11 is 6.40. The van der Waals surface area contributed by atoms with Gasteiger partial charge in [-0.2, -0.15) is 10.4 Å². The number of amides is 1. The predicted molar refractivity (Wildman–Crippen MR) is 149 cm³/mol. The lowest BCUT2D eigenvalue weighted by atomic mass is 10.1. The smallest absolute Gasteiger partial charge is 0.407 e.